The van der Waals surface area contributed by atoms with Crippen LogP contribution in [0.3, 0.4) is 0 Å². The van der Waals surface area contributed by atoms with Crippen LogP contribution in [-0.4, -0.2) is 90.4 Å². The zero-order valence-electron chi connectivity index (χ0n) is 27.6. The van der Waals surface area contributed by atoms with Crippen molar-refractivity contribution in [2.75, 3.05) is 45.0 Å². The molecule has 1 atom stereocenters. The second-order valence-corrected chi connectivity index (χ2v) is 18.6. The molecule has 1 unspecified atom stereocenters. The second-order valence-electron chi connectivity index (χ2n) is 11.5. The number of hydrogen-bond acceptors (Lipinski definition) is 9. The van der Waals surface area contributed by atoms with Gasteiger partial charge in [0.1, 0.15) is 45.4 Å². The smallest absolute Gasteiger partial charge is 0.407 e. The van der Waals surface area contributed by atoms with Crippen molar-refractivity contribution >= 4 is 41.1 Å². The molecule has 47 heavy (non-hydrogen) atoms. The van der Waals surface area contributed by atoms with Gasteiger partial charge < -0.3 is 29.2 Å². The Labute approximate surface area is 278 Å². The number of nitrogens with zero attached hydrogens (tertiary/aromatic N) is 1. The quantitative estimate of drug-likeness (QED) is 0.167. The monoisotopic (exact) mass is 684 g/mol. The molecule has 0 heterocycles. The Morgan fingerprint density at radius 3 is 2.11 bits per heavy atom. The van der Waals surface area contributed by atoms with Gasteiger partial charge >= 0.3 is 12.1 Å². The maximum Gasteiger partial charge on any atom is 0.407 e. The summed E-state index contributed by atoms with van der Waals surface area (Å²) in [7, 11) is -2.92. The number of sulfone groups is 1. The van der Waals surface area contributed by atoms with Gasteiger partial charge in [-0.1, -0.05) is 86.7 Å². The fourth-order valence-electron chi connectivity index (χ4n) is 4.93. The Hall–Kier alpha value is -4.36. The molecule has 0 aliphatic carbocycles. The third-order valence-electron chi connectivity index (χ3n) is 7.62. The van der Waals surface area contributed by atoms with E-state index in [2.05, 4.69) is 5.32 Å². The lowest BCUT2D eigenvalue weighted by Crippen LogP contribution is -2.60. The third-order valence-corrected chi connectivity index (χ3v) is 12.3. The zero-order chi connectivity index (χ0) is 34.5. The van der Waals surface area contributed by atoms with Crippen LogP contribution in [-0.2, 0) is 41.9 Å². The SMILES string of the molecule is CCS(=O)(=O)CCOC(=O)C(Cc1ccccc1)N(C[Si](C)(C)c1ccc(OC)cc1OC)C(=O)CNC(=O)OCc1ccccc1. The molecule has 11 nitrogen and oxygen atoms in total. The first kappa shape index (κ1) is 37.1. The van der Waals surface area contributed by atoms with Gasteiger partial charge in [0.15, 0.2) is 9.84 Å². The van der Waals surface area contributed by atoms with Gasteiger partial charge in [-0.25, -0.2) is 18.0 Å². The first-order chi connectivity index (χ1) is 22.4. The summed E-state index contributed by atoms with van der Waals surface area (Å²) < 4.78 is 46.1. The van der Waals surface area contributed by atoms with E-state index in [9.17, 15) is 22.8 Å². The summed E-state index contributed by atoms with van der Waals surface area (Å²) in [6, 6.07) is 22.6. The maximum absolute atomic E-state index is 14.0. The van der Waals surface area contributed by atoms with E-state index in [-0.39, 0.29) is 37.3 Å². The molecule has 1 N–H and O–H groups in total. The highest BCUT2D eigenvalue weighted by atomic mass is 32.2. The molecule has 0 aliphatic heterocycles. The molecule has 3 aromatic rings. The summed E-state index contributed by atoms with van der Waals surface area (Å²) in [4.78, 5) is 41.8. The second kappa shape index (κ2) is 17.5. The Balaban J connectivity index is 1.93. The Bertz CT molecular complexity index is 1590. The molecule has 3 aromatic carbocycles. The summed E-state index contributed by atoms with van der Waals surface area (Å²) in [5.74, 6) is -0.505. The van der Waals surface area contributed by atoms with Crippen LogP contribution in [0.2, 0.25) is 13.1 Å². The topological polar surface area (TPSA) is 138 Å². The third kappa shape index (κ3) is 11.4. The van der Waals surface area contributed by atoms with Gasteiger partial charge in [0.25, 0.3) is 0 Å². The number of benzene rings is 3. The highest BCUT2D eigenvalue weighted by molar-refractivity contribution is 7.91. The fraction of sp³-hybridized carbons (Fsp3) is 0.382. The van der Waals surface area contributed by atoms with Crippen molar-refractivity contribution < 1.29 is 41.7 Å². The summed E-state index contributed by atoms with van der Waals surface area (Å²) in [6.07, 6.45) is -0.536. The van der Waals surface area contributed by atoms with Crippen LogP contribution in [0.1, 0.15) is 18.1 Å². The van der Waals surface area contributed by atoms with Crippen molar-refractivity contribution in [3.05, 3.63) is 90.0 Å². The molecule has 13 heteroatoms. The summed E-state index contributed by atoms with van der Waals surface area (Å²) >= 11 is 0. The number of rotatable bonds is 17. The van der Waals surface area contributed by atoms with Crippen LogP contribution >= 0.6 is 0 Å². The number of methoxy groups -OCH3 is 2. The molecule has 0 saturated carbocycles. The van der Waals surface area contributed by atoms with Crippen molar-refractivity contribution in [1.82, 2.24) is 10.2 Å². The normalized spacial score (nSPS) is 12.0. The van der Waals surface area contributed by atoms with E-state index in [4.69, 9.17) is 18.9 Å². The first-order valence-corrected chi connectivity index (χ1v) is 20.3. The van der Waals surface area contributed by atoms with Crippen LogP contribution in [0.5, 0.6) is 11.5 Å². The minimum absolute atomic E-state index is 0.0193. The highest BCUT2D eigenvalue weighted by Gasteiger charge is 2.38. The van der Waals surface area contributed by atoms with Crippen LogP contribution in [0.25, 0.3) is 0 Å². The van der Waals surface area contributed by atoms with Crippen LogP contribution < -0.4 is 20.0 Å². The van der Waals surface area contributed by atoms with Crippen LogP contribution in [0, 0.1) is 0 Å². The van der Waals surface area contributed by atoms with Crippen molar-refractivity contribution in [2.24, 2.45) is 0 Å². The molecule has 0 saturated heterocycles. The lowest BCUT2D eigenvalue weighted by molar-refractivity contribution is -0.153. The van der Waals surface area contributed by atoms with Gasteiger partial charge in [-0.05, 0) is 22.4 Å². The standard InChI is InChI=1S/C34H44N2O9SSi/c1-6-46(40,41)20-19-44-33(38)29(21-26-13-9-7-10-14-26)36(25-47(4,5)31-18-17-28(42-2)22-30(31)43-3)32(37)23-35-34(39)45-24-27-15-11-8-12-16-27/h7-18,22,29H,6,19-21,23-25H2,1-5H3,(H,35,39). The van der Waals surface area contributed by atoms with Crippen LogP contribution in [0.4, 0.5) is 4.79 Å². The number of alkyl carbamates (subject to hydrolysis) is 1. The van der Waals surface area contributed by atoms with Gasteiger partial charge in [-0.15, -0.1) is 0 Å². The number of carbonyl (C=O) groups is 3. The number of carbonyl (C=O) groups excluding carboxylic acids is 3. The summed E-state index contributed by atoms with van der Waals surface area (Å²) in [6.45, 7) is 4.83. The highest BCUT2D eigenvalue weighted by Crippen LogP contribution is 2.23. The summed E-state index contributed by atoms with van der Waals surface area (Å²) in [5.41, 5.74) is 1.55. The van der Waals surface area contributed by atoms with Gasteiger partial charge in [-0.2, -0.15) is 0 Å². The predicted octanol–water partition coefficient (Wildman–Crippen LogP) is 3.50. The predicted molar refractivity (Wildman–Crippen MR) is 182 cm³/mol. The van der Waals surface area contributed by atoms with Gasteiger partial charge in [0, 0.05) is 24.4 Å². The van der Waals surface area contributed by atoms with Crippen LogP contribution in [0.15, 0.2) is 78.9 Å². The largest absolute Gasteiger partial charge is 0.497 e. The average molecular weight is 685 g/mol. The van der Waals surface area contributed by atoms with Crippen molar-refractivity contribution in [3.8, 4) is 11.5 Å². The minimum Gasteiger partial charge on any atom is -0.497 e. The average Bonchev–Trinajstić information content (AvgIpc) is 3.08. The Morgan fingerprint density at radius 1 is 0.872 bits per heavy atom. The fourth-order valence-corrected chi connectivity index (χ4v) is 8.35. The molecule has 0 fully saturated rings. The molecule has 0 aliphatic rings. The van der Waals surface area contributed by atoms with E-state index in [1.807, 2.05) is 85.9 Å². The lowest BCUT2D eigenvalue weighted by atomic mass is 10.0. The zero-order valence-corrected chi connectivity index (χ0v) is 29.4. The molecule has 0 radical (unpaired) electrons. The Kier molecular flexibility index (Phi) is 13.8. The Morgan fingerprint density at radius 2 is 1.51 bits per heavy atom. The number of esters is 1. The first-order valence-electron chi connectivity index (χ1n) is 15.3. The van der Waals surface area contributed by atoms with E-state index in [1.165, 1.54) is 11.8 Å². The minimum atomic E-state index is -3.39. The van der Waals surface area contributed by atoms with Crippen molar-refractivity contribution in [3.63, 3.8) is 0 Å². The number of hydrogen-bond donors (Lipinski definition) is 1. The van der Waals surface area contributed by atoms with Gasteiger partial charge in [0.2, 0.25) is 5.91 Å². The summed E-state index contributed by atoms with van der Waals surface area (Å²) in [5, 5.41) is 3.40. The van der Waals surface area contributed by atoms with E-state index in [1.54, 1.807) is 20.3 Å². The maximum atomic E-state index is 14.0. The van der Waals surface area contributed by atoms with Gasteiger partial charge in [0.05, 0.1) is 20.0 Å². The van der Waals surface area contributed by atoms with E-state index in [0.717, 1.165) is 16.3 Å². The molecule has 0 spiro atoms. The molecular weight excluding hydrogens is 641 g/mol. The van der Waals surface area contributed by atoms with Crippen molar-refractivity contribution in [1.29, 1.82) is 0 Å². The lowest BCUT2D eigenvalue weighted by Gasteiger charge is -2.37. The number of ether oxygens (including phenoxy) is 4. The van der Waals surface area contributed by atoms with Crippen molar-refractivity contribution in [2.45, 2.75) is 39.1 Å². The van der Waals surface area contributed by atoms with E-state index < -0.39 is 48.5 Å². The molecule has 0 aromatic heterocycles. The number of amides is 2. The molecule has 2 amide bonds. The molecule has 254 valence electrons. The van der Waals surface area contributed by atoms with E-state index in [0.29, 0.717) is 11.5 Å². The van der Waals surface area contributed by atoms with E-state index >= 15 is 0 Å². The number of nitrogens with one attached hydrogen (secondary N) is 1. The van der Waals surface area contributed by atoms with Gasteiger partial charge in [-0.3, -0.25) is 4.79 Å². The molecule has 3 rings (SSSR count). The molecule has 0 bridgehead atoms. The molecular formula is C34H44N2O9SSi.